The molecule has 2 aromatic rings. The van der Waals surface area contributed by atoms with E-state index in [4.69, 9.17) is 0 Å². The van der Waals surface area contributed by atoms with Crippen molar-refractivity contribution in [2.75, 3.05) is 0 Å². The molecule has 2 unspecified atom stereocenters. The normalized spacial score (nSPS) is 21.0. The van der Waals surface area contributed by atoms with E-state index >= 15 is 0 Å². The van der Waals surface area contributed by atoms with Crippen molar-refractivity contribution >= 4 is 21.6 Å². The van der Waals surface area contributed by atoms with Gasteiger partial charge in [-0.1, -0.05) is 32.0 Å². The first-order valence-electron chi connectivity index (χ1n) is 6.16. The Kier molecular flexibility index (Phi) is 3.15. The fraction of sp³-hybridized carbons (Fsp3) is 0.200. The molecule has 2 nitrogen and oxygen atoms in total. The summed E-state index contributed by atoms with van der Waals surface area (Å²) in [5.74, 6) is 0.368. The average Bonchev–Trinajstić information content (AvgIpc) is 2.44. The number of rotatable bonds is 1. The van der Waals surface area contributed by atoms with Gasteiger partial charge in [-0.15, -0.1) is 0 Å². The largest absolute Gasteiger partial charge is 0.249 e. The fourth-order valence-corrected chi connectivity index (χ4v) is 5.39. The summed E-state index contributed by atoms with van der Waals surface area (Å²) in [5, 5.41) is 0. The molecule has 98 valence electrons. The summed E-state index contributed by atoms with van der Waals surface area (Å²) >= 11 is 0. The van der Waals surface area contributed by atoms with E-state index < -0.39 is 21.6 Å². The molecule has 2 atom stereocenters. The van der Waals surface area contributed by atoms with Crippen molar-refractivity contribution in [2.45, 2.75) is 39.3 Å². The Labute approximate surface area is 117 Å². The smallest absolute Gasteiger partial charge is 0.0874 e. The molecule has 0 aromatic heterocycles. The third-order valence-corrected chi connectivity index (χ3v) is 6.54. The highest BCUT2D eigenvalue weighted by Gasteiger charge is 2.27. The summed E-state index contributed by atoms with van der Waals surface area (Å²) in [6.45, 7) is 4.19. The first-order valence-corrected chi connectivity index (χ1v) is 8.46. The van der Waals surface area contributed by atoms with Crippen LogP contribution in [0.15, 0.2) is 62.0 Å². The predicted octanol–water partition coefficient (Wildman–Crippen LogP) is 3.46. The van der Waals surface area contributed by atoms with Crippen LogP contribution in [0.1, 0.15) is 25.3 Å². The molecular formula is C15H14O2S2. The average molecular weight is 290 g/mol. The molecule has 1 aliphatic rings. The molecule has 0 saturated heterocycles. The Morgan fingerprint density at radius 3 is 1.89 bits per heavy atom. The van der Waals surface area contributed by atoms with E-state index in [0.29, 0.717) is 25.5 Å². The second kappa shape index (κ2) is 4.69. The van der Waals surface area contributed by atoms with Crippen molar-refractivity contribution in [3.8, 4) is 0 Å². The van der Waals surface area contributed by atoms with Crippen LogP contribution in [0.4, 0.5) is 0 Å². The maximum atomic E-state index is 12.6. The minimum absolute atomic E-state index is 0.368. The number of hydrogen-bond acceptors (Lipinski definition) is 2. The van der Waals surface area contributed by atoms with Crippen LogP contribution in [0.2, 0.25) is 0 Å². The van der Waals surface area contributed by atoms with Gasteiger partial charge in [0.2, 0.25) is 0 Å². The van der Waals surface area contributed by atoms with Crippen molar-refractivity contribution in [1.82, 2.24) is 0 Å². The van der Waals surface area contributed by atoms with Crippen molar-refractivity contribution < 1.29 is 8.42 Å². The summed E-state index contributed by atoms with van der Waals surface area (Å²) in [7, 11) is -2.46. The molecule has 0 saturated carbocycles. The summed E-state index contributed by atoms with van der Waals surface area (Å²) in [5.41, 5.74) is 1.13. The van der Waals surface area contributed by atoms with Gasteiger partial charge in [0, 0.05) is 0 Å². The molecule has 4 heteroatoms. The van der Waals surface area contributed by atoms with Gasteiger partial charge >= 0.3 is 0 Å². The second-order valence-corrected chi connectivity index (χ2v) is 7.68. The zero-order chi connectivity index (χ0) is 13.6. The quantitative estimate of drug-likeness (QED) is 0.688. The van der Waals surface area contributed by atoms with E-state index in [1.54, 1.807) is 12.1 Å². The van der Waals surface area contributed by atoms with Gasteiger partial charge in [0.25, 0.3) is 0 Å². The van der Waals surface area contributed by atoms with Gasteiger partial charge in [-0.3, -0.25) is 0 Å². The van der Waals surface area contributed by atoms with E-state index in [-0.39, 0.29) is 0 Å². The van der Waals surface area contributed by atoms with Gasteiger partial charge in [0.05, 0.1) is 41.2 Å². The molecule has 1 heterocycles. The van der Waals surface area contributed by atoms with Gasteiger partial charge in [0.15, 0.2) is 0 Å². The standard InChI is InChI=1S/C15H14O2S2/c1-10(2)11-7-8-14-15(9-11)19(17)13-6-4-3-5-12(13)18(14)16/h3-10H,1-2H3. The van der Waals surface area contributed by atoms with Crippen molar-refractivity contribution in [1.29, 1.82) is 0 Å². The lowest BCUT2D eigenvalue weighted by Gasteiger charge is -2.19. The lowest BCUT2D eigenvalue weighted by Crippen LogP contribution is -2.11. The fourth-order valence-electron chi connectivity index (χ4n) is 2.18. The number of fused-ring (bicyclic) bond motifs is 2. The number of benzene rings is 2. The Bertz CT molecular complexity index is 705. The molecule has 0 N–H and O–H groups in total. The highest BCUT2D eigenvalue weighted by Crippen LogP contribution is 2.36. The summed E-state index contributed by atoms with van der Waals surface area (Å²) in [6, 6.07) is 13.0. The third-order valence-electron chi connectivity index (χ3n) is 3.28. The van der Waals surface area contributed by atoms with E-state index in [2.05, 4.69) is 13.8 Å². The van der Waals surface area contributed by atoms with E-state index in [0.717, 1.165) is 5.56 Å². The molecule has 0 radical (unpaired) electrons. The molecule has 0 amide bonds. The van der Waals surface area contributed by atoms with Crippen LogP contribution in [-0.4, -0.2) is 8.42 Å². The highest BCUT2D eigenvalue weighted by atomic mass is 32.2. The zero-order valence-corrected chi connectivity index (χ0v) is 12.4. The molecule has 1 aliphatic heterocycles. The Balaban J connectivity index is 2.24. The minimum Gasteiger partial charge on any atom is -0.249 e. The van der Waals surface area contributed by atoms with Gasteiger partial charge in [-0.2, -0.15) is 0 Å². The Morgan fingerprint density at radius 2 is 1.32 bits per heavy atom. The van der Waals surface area contributed by atoms with Gasteiger partial charge in [0.1, 0.15) is 0 Å². The minimum atomic E-state index is -1.23. The van der Waals surface area contributed by atoms with Crippen LogP contribution in [0, 0.1) is 0 Å². The van der Waals surface area contributed by atoms with Gasteiger partial charge in [-0.25, -0.2) is 8.42 Å². The highest BCUT2D eigenvalue weighted by molar-refractivity contribution is 7.91. The Hall–Kier alpha value is -1.26. The molecule has 0 spiro atoms. The Morgan fingerprint density at radius 1 is 0.789 bits per heavy atom. The zero-order valence-electron chi connectivity index (χ0n) is 10.8. The first-order chi connectivity index (χ1) is 9.09. The molecule has 0 fully saturated rings. The molecule has 2 aromatic carbocycles. The topological polar surface area (TPSA) is 34.1 Å². The van der Waals surface area contributed by atoms with Crippen LogP contribution in [0.5, 0.6) is 0 Å². The first kappa shape index (κ1) is 12.8. The third kappa shape index (κ3) is 1.99. The van der Waals surface area contributed by atoms with Crippen LogP contribution < -0.4 is 0 Å². The lowest BCUT2D eigenvalue weighted by atomic mass is 10.0. The summed E-state index contributed by atoms with van der Waals surface area (Å²) in [4.78, 5) is 2.73. The molecular weight excluding hydrogens is 276 g/mol. The van der Waals surface area contributed by atoms with Crippen molar-refractivity contribution in [3.05, 3.63) is 48.0 Å². The maximum absolute atomic E-state index is 12.6. The van der Waals surface area contributed by atoms with E-state index in [9.17, 15) is 8.42 Å². The van der Waals surface area contributed by atoms with Crippen molar-refractivity contribution in [3.63, 3.8) is 0 Å². The molecule has 0 aliphatic carbocycles. The predicted molar refractivity (Wildman–Crippen MR) is 76.3 cm³/mol. The SMILES string of the molecule is CC(C)c1ccc2c(c1)S(=O)c1ccccc1S2=O. The van der Waals surface area contributed by atoms with Crippen LogP contribution in [0.3, 0.4) is 0 Å². The second-order valence-electron chi connectivity index (χ2n) is 4.85. The van der Waals surface area contributed by atoms with Crippen LogP contribution >= 0.6 is 0 Å². The van der Waals surface area contributed by atoms with Crippen molar-refractivity contribution in [2.24, 2.45) is 0 Å². The molecule has 3 rings (SSSR count). The lowest BCUT2D eigenvalue weighted by molar-refractivity contribution is 0.665. The van der Waals surface area contributed by atoms with Crippen LogP contribution in [0.25, 0.3) is 0 Å². The molecule has 0 bridgehead atoms. The number of hydrogen-bond donors (Lipinski definition) is 0. The van der Waals surface area contributed by atoms with Gasteiger partial charge in [-0.05, 0) is 35.7 Å². The monoisotopic (exact) mass is 290 g/mol. The maximum Gasteiger partial charge on any atom is 0.0874 e. The van der Waals surface area contributed by atoms with Gasteiger partial charge < -0.3 is 0 Å². The summed E-state index contributed by atoms with van der Waals surface area (Å²) < 4.78 is 25.1. The van der Waals surface area contributed by atoms with E-state index in [1.165, 1.54) is 0 Å². The molecule has 19 heavy (non-hydrogen) atoms. The summed E-state index contributed by atoms with van der Waals surface area (Å²) in [6.07, 6.45) is 0. The van der Waals surface area contributed by atoms with E-state index in [1.807, 2.05) is 30.3 Å². The van der Waals surface area contributed by atoms with Crippen LogP contribution in [-0.2, 0) is 21.6 Å².